The van der Waals surface area contributed by atoms with Crippen LogP contribution in [0.3, 0.4) is 0 Å². The zero-order chi connectivity index (χ0) is 23.2. The van der Waals surface area contributed by atoms with Gasteiger partial charge in [-0.05, 0) is 77.2 Å². The van der Waals surface area contributed by atoms with Gasteiger partial charge < -0.3 is 14.5 Å². The predicted octanol–water partition coefficient (Wildman–Crippen LogP) is 6.21. The van der Waals surface area contributed by atoms with Gasteiger partial charge in [-0.2, -0.15) is 5.10 Å². The Morgan fingerprint density at radius 1 is 0.882 bits per heavy atom. The van der Waals surface area contributed by atoms with Crippen LogP contribution in [0.25, 0.3) is 35.2 Å². The molecule has 0 aliphatic carbocycles. The number of pyridine rings is 1. The molecule has 168 valence electrons. The van der Waals surface area contributed by atoms with Crippen molar-refractivity contribution in [3.8, 4) is 11.5 Å². The normalized spacial score (nSPS) is 11.6. The highest BCUT2D eigenvalue weighted by Gasteiger charge is 2.04. The number of fused-ring (bicyclic) bond motifs is 1. The van der Waals surface area contributed by atoms with E-state index in [0.29, 0.717) is 6.61 Å². The van der Waals surface area contributed by atoms with Gasteiger partial charge in [0.2, 0.25) is 0 Å². The number of aromatic amines is 2. The summed E-state index contributed by atoms with van der Waals surface area (Å²) in [5.41, 5.74) is 6.01. The molecular formula is C28H24N4O2. The van der Waals surface area contributed by atoms with Gasteiger partial charge in [-0.1, -0.05) is 18.2 Å². The molecule has 34 heavy (non-hydrogen) atoms. The highest BCUT2D eigenvalue weighted by Crippen LogP contribution is 2.27. The van der Waals surface area contributed by atoms with Crippen LogP contribution in [0.15, 0.2) is 79.3 Å². The second kappa shape index (κ2) is 9.92. The zero-order valence-corrected chi connectivity index (χ0v) is 18.7. The van der Waals surface area contributed by atoms with Crippen molar-refractivity contribution < 1.29 is 9.47 Å². The van der Waals surface area contributed by atoms with E-state index in [0.717, 1.165) is 45.1 Å². The minimum Gasteiger partial charge on any atom is -0.496 e. The van der Waals surface area contributed by atoms with Crippen LogP contribution in [0, 0.1) is 0 Å². The van der Waals surface area contributed by atoms with E-state index < -0.39 is 0 Å². The summed E-state index contributed by atoms with van der Waals surface area (Å²) in [5, 5.41) is 8.64. The molecule has 0 bridgehead atoms. The Labute approximate surface area is 197 Å². The molecule has 6 heteroatoms. The molecule has 0 amide bonds. The SMILES string of the molecule is COc1cc(OCc2ccncc2)ccc1/C=C/c1cc(/C=C/c2ccc3cc[nH]c3c2)n[nH]1. The van der Waals surface area contributed by atoms with Crippen molar-refractivity contribution in [3.05, 3.63) is 107 Å². The summed E-state index contributed by atoms with van der Waals surface area (Å²) in [6.45, 7) is 0.476. The Morgan fingerprint density at radius 2 is 1.79 bits per heavy atom. The number of methoxy groups -OCH3 is 1. The molecule has 0 spiro atoms. The third kappa shape index (κ3) is 5.07. The first-order valence-electron chi connectivity index (χ1n) is 11.0. The summed E-state index contributed by atoms with van der Waals surface area (Å²) < 4.78 is 11.4. The van der Waals surface area contributed by atoms with Crippen LogP contribution in [0.1, 0.15) is 28.1 Å². The highest BCUT2D eigenvalue weighted by atomic mass is 16.5. The summed E-state index contributed by atoms with van der Waals surface area (Å²) in [4.78, 5) is 7.26. The van der Waals surface area contributed by atoms with E-state index in [-0.39, 0.29) is 0 Å². The van der Waals surface area contributed by atoms with Crippen molar-refractivity contribution >= 4 is 35.2 Å². The van der Waals surface area contributed by atoms with Crippen molar-refractivity contribution in [2.75, 3.05) is 7.11 Å². The van der Waals surface area contributed by atoms with E-state index in [1.54, 1.807) is 19.5 Å². The number of aromatic nitrogens is 4. The van der Waals surface area contributed by atoms with E-state index in [1.807, 2.05) is 60.8 Å². The second-order valence-corrected chi connectivity index (χ2v) is 7.79. The lowest BCUT2D eigenvalue weighted by atomic mass is 10.1. The molecule has 0 radical (unpaired) electrons. The summed E-state index contributed by atoms with van der Waals surface area (Å²) in [6, 6.07) is 20.1. The van der Waals surface area contributed by atoms with Crippen molar-refractivity contribution in [2.45, 2.75) is 6.61 Å². The second-order valence-electron chi connectivity index (χ2n) is 7.79. The molecule has 3 heterocycles. The summed E-state index contributed by atoms with van der Waals surface area (Å²) in [5.74, 6) is 1.49. The van der Waals surface area contributed by atoms with Gasteiger partial charge in [0.05, 0.1) is 18.5 Å². The number of benzene rings is 2. The quantitative estimate of drug-likeness (QED) is 0.296. The number of nitrogens with one attached hydrogen (secondary N) is 2. The predicted molar refractivity (Wildman–Crippen MR) is 136 cm³/mol. The molecular weight excluding hydrogens is 424 g/mol. The molecule has 5 rings (SSSR count). The minimum atomic E-state index is 0.476. The lowest BCUT2D eigenvalue weighted by molar-refractivity contribution is 0.303. The van der Waals surface area contributed by atoms with Gasteiger partial charge in [0.25, 0.3) is 0 Å². The van der Waals surface area contributed by atoms with E-state index in [4.69, 9.17) is 9.47 Å². The van der Waals surface area contributed by atoms with Crippen LogP contribution in [-0.4, -0.2) is 27.3 Å². The lowest BCUT2D eigenvalue weighted by Gasteiger charge is -2.10. The fourth-order valence-corrected chi connectivity index (χ4v) is 3.62. The third-order valence-corrected chi connectivity index (χ3v) is 5.45. The number of nitrogens with zero attached hydrogens (tertiary/aromatic N) is 2. The van der Waals surface area contributed by atoms with E-state index in [2.05, 4.69) is 50.5 Å². The number of rotatable bonds is 8. The molecule has 0 atom stereocenters. The monoisotopic (exact) mass is 448 g/mol. The summed E-state index contributed by atoms with van der Waals surface area (Å²) >= 11 is 0. The summed E-state index contributed by atoms with van der Waals surface area (Å²) in [6.07, 6.45) is 13.5. The molecule has 0 fully saturated rings. The Morgan fingerprint density at radius 3 is 2.68 bits per heavy atom. The Hall–Kier alpha value is -4.58. The van der Waals surface area contributed by atoms with Crippen molar-refractivity contribution in [2.24, 2.45) is 0 Å². The van der Waals surface area contributed by atoms with Gasteiger partial charge in [0, 0.05) is 35.7 Å². The number of hydrogen-bond donors (Lipinski definition) is 2. The highest BCUT2D eigenvalue weighted by molar-refractivity contribution is 5.83. The molecule has 2 aromatic carbocycles. The van der Waals surface area contributed by atoms with Crippen molar-refractivity contribution in [1.82, 2.24) is 20.2 Å². The van der Waals surface area contributed by atoms with Crippen LogP contribution in [0.2, 0.25) is 0 Å². The van der Waals surface area contributed by atoms with Gasteiger partial charge in [0.1, 0.15) is 18.1 Å². The molecule has 0 aliphatic rings. The molecule has 0 aliphatic heterocycles. The number of ether oxygens (including phenoxy) is 2. The van der Waals surface area contributed by atoms with Crippen LogP contribution in [0.5, 0.6) is 11.5 Å². The van der Waals surface area contributed by atoms with Gasteiger partial charge in [-0.3, -0.25) is 10.1 Å². The fraction of sp³-hybridized carbons (Fsp3) is 0.0714. The molecule has 3 aromatic heterocycles. The number of H-pyrrole nitrogens is 2. The fourth-order valence-electron chi connectivity index (χ4n) is 3.62. The topological polar surface area (TPSA) is 75.8 Å². The standard InChI is InChI=1S/C28H24N4O2/c1-33-28-18-26(34-19-21-10-13-29-14-11-21)9-6-23(28)5-8-25-17-24(31-32-25)7-3-20-2-4-22-12-15-30-27(22)16-20/h2-18,30H,19H2,1H3,(H,31,32)/b7-3+,8-5+. The molecule has 0 saturated heterocycles. The third-order valence-electron chi connectivity index (χ3n) is 5.45. The zero-order valence-electron chi connectivity index (χ0n) is 18.7. The number of hydrogen-bond acceptors (Lipinski definition) is 4. The molecule has 5 aromatic rings. The smallest absolute Gasteiger partial charge is 0.129 e. The first-order valence-corrected chi connectivity index (χ1v) is 11.0. The minimum absolute atomic E-state index is 0.476. The largest absolute Gasteiger partial charge is 0.496 e. The molecule has 2 N–H and O–H groups in total. The van der Waals surface area contributed by atoms with E-state index in [1.165, 1.54) is 5.39 Å². The van der Waals surface area contributed by atoms with Crippen LogP contribution in [-0.2, 0) is 6.61 Å². The van der Waals surface area contributed by atoms with E-state index >= 15 is 0 Å². The maximum Gasteiger partial charge on any atom is 0.129 e. The Balaban J connectivity index is 1.24. The average molecular weight is 449 g/mol. The average Bonchev–Trinajstić information content (AvgIpc) is 3.55. The van der Waals surface area contributed by atoms with E-state index in [9.17, 15) is 0 Å². The van der Waals surface area contributed by atoms with Crippen LogP contribution >= 0.6 is 0 Å². The van der Waals surface area contributed by atoms with Gasteiger partial charge >= 0.3 is 0 Å². The van der Waals surface area contributed by atoms with Crippen molar-refractivity contribution in [3.63, 3.8) is 0 Å². The maximum atomic E-state index is 5.88. The van der Waals surface area contributed by atoms with Crippen molar-refractivity contribution in [1.29, 1.82) is 0 Å². The van der Waals surface area contributed by atoms with Crippen LogP contribution < -0.4 is 9.47 Å². The van der Waals surface area contributed by atoms with Gasteiger partial charge in [0.15, 0.2) is 0 Å². The Kier molecular flexibility index (Phi) is 6.21. The van der Waals surface area contributed by atoms with Gasteiger partial charge in [-0.15, -0.1) is 0 Å². The maximum absolute atomic E-state index is 5.88. The first kappa shape index (κ1) is 21.3. The van der Waals surface area contributed by atoms with Gasteiger partial charge in [-0.25, -0.2) is 0 Å². The summed E-state index contributed by atoms with van der Waals surface area (Å²) in [7, 11) is 1.66. The lowest BCUT2D eigenvalue weighted by Crippen LogP contribution is -1.96. The molecule has 0 unspecified atom stereocenters. The molecule has 0 saturated carbocycles. The first-order chi connectivity index (χ1) is 16.8. The molecule has 6 nitrogen and oxygen atoms in total. The van der Waals surface area contributed by atoms with Crippen LogP contribution in [0.4, 0.5) is 0 Å². The Bertz CT molecular complexity index is 1450.